The van der Waals surface area contributed by atoms with E-state index >= 15 is 0 Å². The van der Waals surface area contributed by atoms with Gasteiger partial charge in [0.05, 0.1) is 19.8 Å². The number of rotatable bonds is 16. The Morgan fingerprint density at radius 2 is 1.20 bits per heavy atom. The van der Waals surface area contributed by atoms with E-state index in [1.54, 1.807) is 5.32 Å². The van der Waals surface area contributed by atoms with E-state index in [1.165, 1.54) is 44.9 Å². The molecule has 0 aromatic carbocycles. The normalized spacial score (nSPS) is 38.1. The molecule has 11 heteroatoms. The van der Waals surface area contributed by atoms with Crippen LogP contribution in [0.1, 0.15) is 71.1 Å². The Balaban J connectivity index is 1.74. The fourth-order valence-corrected chi connectivity index (χ4v) is 4.73. The molecule has 0 aromatic heterocycles. The third-order valence-corrected chi connectivity index (χ3v) is 7.00. The average Bonchev–Trinajstić information content (AvgIpc) is 2.86. The minimum absolute atomic E-state index is 0.519. The highest BCUT2D eigenvalue weighted by Crippen LogP contribution is 2.28. The lowest BCUT2D eigenvalue weighted by Crippen LogP contribution is -2.95. The summed E-state index contributed by atoms with van der Waals surface area (Å²) in [6.45, 7) is 1.77. The molecule has 0 aromatic rings. The average molecular weight is 511 g/mol. The first-order valence-corrected chi connectivity index (χ1v) is 13.3. The fraction of sp³-hybridized carbons (Fsp3) is 1.00. The zero-order chi connectivity index (χ0) is 25.8. The predicted octanol–water partition coefficient (Wildman–Crippen LogP) is -1.91. The van der Waals surface area contributed by atoms with Crippen LogP contribution in [0.2, 0.25) is 0 Å². The molecule has 2 saturated heterocycles. The Bertz CT molecular complexity index is 554. The number of hydrogen-bond donors (Lipinski definition) is 8. The SMILES string of the molecule is CCCCCCCCCCCC[NH2+]C1O[C@H](CO)[C@@H](O[C@@H]2O[C@H](CO)[C@H](O)[C@H](O)[C@H]2O)[C@H](O)[C@H]1O. The van der Waals surface area contributed by atoms with Crippen LogP contribution in [0.15, 0.2) is 0 Å². The Morgan fingerprint density at radius 3 is 1.77 bits per heavy atom. The maximum Gasteiger partial charge on any atom is 0.219 e. The van der Waals surface area contributed by atoms with Crippen LogP contribution < -0.4 is 5.32 Å². The quantitative estimate of drug-likeness (QED) is 0.109. The van der Waals surface area contributed by atoms with Crippen LogP contribution in [-0.4, -0.2) is 117 Å². The molecule has 2 aliphatic heterocycles. The summed E-state index contributed by atoms with van der Waals surface area (Å²) in [6.07, 6.45) is -1.26. The van der Waals surface area contributed by atoms with Crippen LogP contribution in [0.3, 0.4) is 0 Å². The molecular weight excluding hydrogens is 462 g/mol. The first-order chi connectivity index (χ1) is 16.8. The molecule has 11 nitrogen and oxygen atoms in total. The van der Waals surface area contributed by atoms with Crippen molar-refractivity contribution >= 4 is 0 Å². The summed E-state index contributed by atoms with van der Waals surface area (Å²) in [5.74, 6) is 0. The number of quaternary nitrogens is 1. The van der Waals surface area contributed by atoms with Gasteiger partial charge in [-0.3, -0.25) is 0 Å². The molecule has 2 aliphatic rings. The van der Waals surface area contributed by atoms with Gasteiger partial charge in [0.15, 0.2) is 12.4 Å². The fourth-order valence-electron chi connectivity index (χ4n) is 4.73. The van der Waals surface area contributed by atoms with Gasteiger partial charge in [-0.1, -0.05) is 58.3 Å². The Labute approximate surface area is 208 Å². The van der Waals surface area contributed by atoms with Crippen LogP contribution in [0.4, 0.5) is 0 Å². The lowest BCUT2D eigenvalue weighted by atomic mass is 9.96. The van der Waals surface area contributed by atoms with Crippen molar-refractivity contribution in [1.29, 1.82) is 0 Å². The molecule has 9 N–H and O–H groups in total. The van der Waals surface area contributed by atoms with Gasteiger partial charge in [0.1, 0.15) is 42.7 Å². The minimum atomic E-state index is -1.67. The molecule has 0 aliphatic carbocycles. The zero-order valence-corrected chi connectivity index (χ0v) is 20.9. The van der Waals surface area contributed by atoms with E-state index in [1.807, 2.05) is 0 Å². The molecule has 2 heterocycles. The molecule has 0 amide bonds. The van der Waals surface area contributed by atoms with E-state index in [0.717, 1.165) is 19.3 Å². The van der Waals surface area contributed by atoms with E-state index in [2.05, 4.69) is 6.92 Å². The number of aliphatic hydroxyl groups excluding tert-OH is 7. The minimum Gasteiger partial charge on any atom is -0.394 e. The Morgan fingerprint density at radius 1 is 0.629 bits per heavy atom. The molecule has 0 spiro atoms. The molecule has 208 valence electrons. The lowest BCUT2D eigenvalue weighted by molar-refractivity contribution is -0.743. The highest BCUT2D eigenvalue weighted by atomic mass is 16.7. The van der Waals surface area contributed by atoms with Crippen molar-refractivity contribution in [2.75, 3.05) is 19.8 Å². The molecule has 2 rings (SSSR count). The first kappa shape index (κ1) is 30.8. The Hall–Kier alpha value is -0.440. The molecule has 0 radical (unpaired) electrons. The summed E-state index contributed by atoms with van der Waals surface area (Å²) in [4.78, 5) is 0. The van der Waals surface area contributed by atoms with Gasteiger partial charge in [-0.05, 0) is 12.8 Å². The van der Waals surface area contributed by atoms with Crippen LogP contribution in [0.5, 0.6) is 0 Å². The van der Waals surface area contributed by atoms with Crippen molar-refractivity contribution in [2.24, 2.45) is 0 Å². The summed E-state index contributed by atoms with van der Waals surface area (Å²) in [5, 5.41) is 72.2. The van der Waals surface area contributed by atoms with Gasteiger partial charge in [-0.25, -0.2) is 0 Å². The summed E-state index contributed by atoms with van der Waals surface area (Å²) in [7, 11) is 0. The molecule has 10 atom stereocenters. The smallest absolute Gasteiger partial charge is 0.219 e. The van der Waals surface area contributed by atoms with Gasteiger partial charge in [0, 0.05) is 0 Å². The second-order valence-electron chi connectivity index (χ2n) is 9.81. The number of nitrogens with two attached hydrogens (primary N) is 1. The second kappa shape index (κ2) is 16.4. The first-order valence-electron chi connectivity index (χ1n) is 13.3. The molecule has 2 fully saturated rings. The monoisotopic (exact) mass is 510 g/mol. The van der Waals surface area contributed by atoms with E-state index in [-0.39, 0.29) is 0 Å². The van der Waals surface area contributed by atoms with Gasteiger partial charge >= 0.3 is 0 Å². The Kier molecular flexibility index (Phi) is 14.4. The van der Waals surface area contributed by atoms with E-state index in [4.69, 9.17) is 14.2 Å². The van der Waals surface area contributed by atoms with Crippen molar-refractivity contribution in [3.8, 4) is 0 Å². The molecular formula is C24H48NO10+. The van der Waals surface area contributed by atoms with Crippen LogP contribution in [0, 0.1) is 0 Å². The van der Waals surface area contributed by atoms with Crippen molar-refractivity contribution < 1.29 is 55.3 Å². The van der Waals surface area contributed by atoms with Gasteiger partial charge in [0.25, 0.3) is 0 Å². The van der Waals surface area contributed by atoms with E-state index in [0.29, 0.717) is 6.54 Å². The number of ether oxygens (including phenoxy) is 3. The highest BCUT2D eigenvalue weighted by Gasteiger charge is 2.51. The summed E-state index contributed by atoms with van der Waals surface area (Å²) >= 11 is 0. The third-order valence-electron chi connectivity index (χ3n) is 7.00. The van der Waals surface area contributed by atoms with E-state index in [9.17, 15) is 35.7 Å². The second-order valence-corrected chi connectivity index (χ2v) is 9.81. The summed E-state index contributed by atoms with van der Waals surface area (Å²) in [5.41, 5.74) is 0. The van der Waals surface area contributed by atoms with Crippen LogP contribution >= 0.6 is 0 Å². The van der Waals surface area contributed by atoms with E-state index < -0.39 is 74.6 Å². The molecule has 1 unspecified atom stereocenters. The predicted molar refractivity (Wildman–Crippen MR) is 125 cm³/mol. The molecule has 35 heavy (non-hydrogen) atoms. The van der Waals surface area contributed by atoms with Crippen molar-refractivity contribution in [3.63, 3.8) is 0 Å². The highest BCUT2D eigenvalue weighted by molar-refractivity contribution is 4.93. The van der Waals surface area contributed by atoms with Gasteiger partial charge in [0.2, 0.25) is 6.23 Å². The topological polar surface area (TPSA) is 186 Å². The maximum atomic E-state index is 10.7. The van der Waals surface area contributed by atoms with Gasteiger partial charge in [-0.2, -0.15) is 0 Å². The number of aliphatic hydroxyl groups is 7. The largest absolute Gasteiger partial charge is 0.394 e. The zero-order valence-electron chi connectivity index (χ0n) is 20.9. The van der Waals surface area contributed by atoms with Crippen molar-refractivity contribution in [3.05, 3.63) is 0 Å². The van der Waals surface area contributed by atoms with Gasteiger partial charge < -0.3 is 55.3 Å². The lowest BCUT2D eigenvalue weighted by Gasteiger charge is -2.45. The summed E-state index contributed by atoms with van der Waals surface area (Å²) < 4.78 is 16.7. The maximum absolute atomic E-state index is 10.7. The van der Waals surface area contributed by atoms with Crippen LogP contribution in [-0.2, 0) is 14.2 Å². The van der Waals surface area contributed by atoms with Gasteiger partial charge in [-0.15, -0.1) is 0 Å². The standard InChI is InChI=1S/C24H47NO10/c1-2-3-4-5-6-7-8-9-10-11-12-25-23-20(31)19(30)22(16(14-27)33-23)35-24-21(32)18(29)17(28)15(13-26)34-24/h15-32H,2-14H2,1H3/p+1/t15-,16-,17+,18+,19-,20-,21-,22-,23?,24+/m1/s1. The van der Waals surface area contributed by atoms with Crippen molar-refractivity contribution in [2.45, 2.75) is 132 Å². The molecule has 0 bridgehead atoms. The summed E-state index contributed by atoms with van der Waals surface area (Å²) in [6, 6.07) is 0. The van der Waals surface area contributed by atoms with Crippen LogP contribution in [0.25, 0.3) is 0 Å². The third kappa shape index (κ3) is 9.11. The molecule has 0 saturated carbocycles. The number of hydrogen-bond acceptors (Lipinski definition) is 10. The number of unbranched alkanes of at least 4 members (excludes halogenated alkanes) is 9. The van der Waals surface area contributed by atoms with Crippen molar-refractivity contribution in [1.82, 2.24) is 0 Å².